The van der Waals surface area contributed by atoms with Gasteiger partial charge in [0.2, 0.25) is 11.9 Å². The Morgan fingerprint density at radius 3 is 2.63 bits per heavy atom. The van der Waals surface area contributed by atoms with Crippen LogP contribution in [0, 0.1) is 6.92 Å². The van der Waals surface area contributed by atoms with Gasteiger partial charge in [-0.05, 0) is 31.4 Å². The molecule has 4 rings (SSSR count). The average molecular weight is 405 g/mol. The predicted octanol–water partition coefficient (Wildman–Crippen LogP) is 4.85. The van der Waals surface area contributed by atoms with Crippen LogP contribution in [0.5, 0.6) is 5.75 Å². The number of hydrogen-bond donors (Lipinski definition) is 0. The lowest BCUT2D eigenvalue weighted by atomic mass is 9.91. The van der Waals surface area contributed by atoms with Gasteiger partial charge >= 0.3 is 0 Å². The van der Waals surface area contributed by atoms with Crippen molar-refractivity contribution in [3.05, 3.63) is 71.5 Å². The van der Waals surface area contributed by atoms with Gasteiger partial charge in [0, 0.05) is 12.0 Å². The maximum absolute atomic E-state index is 13.3. The van der Waals surface area contributed by atoms with Gasteiger partial charge in [-0.15, -0.1) is 0 Å². The number of nitrogens with zero attached hydrogens (tertiary/aromatic N) is 4. The van der Waals surface area contributed by atoms with Gasteiger partial charge in [-0.3, -0.25) is 9.69 Å². The number of aromatic nitrogens is 3. The van der Waals surface area contributed by atoms with Gasteiger partial charge in [0.25, 0.3) is 0 Å². The van der Waals surface area contributed by atoms with Crippen LogP contribution in [0.2, 0.25) is 0 Å². The highest BCUT2D eigenvalue weighted by Gasteiger charge is 2.39. The van der Waals surface area contributed by atoms with Crippen LogP contribution in [0.3, 0.4) is 0 Å². The molecule has 6 nitrogen and oxygen atoms in total. The molecule has 0 N–H and O–H groups in total. The minimum Gasteiger partial charge on any atom is -0.496 e. The lowest BCUT2D eigenvalue weighted by molar-refractivity contribution is -0.119. The second-order valence-corrected chi connectivity index (χ2v) is 7.79. The number of amides is 1. The van der Waals surface area contributed by atoms with Crippen LogP contribution < -0.4 is 9.64 Å². The molecule has 2 heterocycles. The van der Waals surface area contributed by atoms with E-state index in [1.54, 1.807) is 7.11 Å². The maximum atomic E-state index is 13.3. The Bertz CT molecular complexity index is 1010. The Kier molecular flexibility index (Phi) is 5.84. The van der Waals surface area contributed by atoms with E-state index in [2.05, 4.69) is 54.3 Å². The number of rotatable bonds is 6. The number of methoxy groups -OCH3 is 1. The number of hydrogen-bond acceptors (Lipinski definition) is 4. The first-order chi connectivity index (χ1) is 14.6. The van der Waals surface area contributed by atoms with Crippen LogP contribution in [0.15, 0.2) is 54.9 Å². The zero-order valence-electron chi connectivity index (χ0n) is 17.8. The van der Waals surface area contributed by atoms with E-state index in [-0.39, 0.29) is 18.0 Å². The Labute approximate surface area is 177 Å². The Hall–Kier alpha value is -3.15. The number of carbonyl (C=O) groups excluding carboxylic acids is 1. The van der Waals surface area contributed by atoms with Crippen molar-refractivity contribution in [2.45, 2.75) is 51.6 Å². The predicted molar refractivity (Wildman–Crippen MR) is 117 cm³/mol. The summed E-state index contributed by atoms with van der Waals surface area (Å²) < 4.78 is 7.50. The smallest absolute Gasteiger partial charge is 0.231 e. The molecule has 0 radical (unpaired) electrons. The number of aryl methyl sites for hydroxylation is 1. The molecule has 1 aliphatic rings. The van der Waals surface area contributed by atoms with Crippen molar-refractivity contribution in [1.29, 1.82) is 0 Å². The third-order valence-corrected chi connectivity index (χ3v) is 5.80. The van der Waals surface area contributed by atoms with Crippen LogP contribution in [0.25, 0.3) is 0 Å². The van der Waals surface area contributed by atoms with Crippen LogP contribution >= 0.6 is 0 Å². The van der Waals surface area contributed by atoms with Crippen molar-refractivity contribution in [3.8, 4) is 5.75 Å². The highest BCUT2D eigenvalue weighted by molar-refractivity contribution is 5.92. The summed E-state index contributed by atoms with van der Waals surface area (Å²) in [5, 5.41) is 4.50. The molecule has 1 amide bonds. The van der Waals surface area contributed by atoms with Gasteiger partial charge in [0.15, 0.2) is 0 Å². The molecule has 0 saturated carbocycles. The normalized spacial score (nSPS) is 18.2. The minimum absolute atomic E-state index is 0.0693. The lowest BCUT2D eigenvalue weighted by Crippen LogP contribution is -2.42. The van der Waals surface area contributed by atoms with E-state index in [9.17, 15) is 4.79 Å². The zero-order chi connectivity index (χ0) is 21.1. The van der Waals surface area contributed by atoms with Gasteiger partial charge in [0.05, 0.1) is 19.2 Å². The second-order valence-electron chi connectivity index (χ2n) is 7.79. The first-order valence-corrected chi connectivity index (χ1v) is 10.5. The highest BCUT2D eigenvalue weighted by Crippen LogP contribution is 2.44. The number of benzene rings is 2. The Balaban J connectivity index is 1.82. The molecule has 156 valence electrons. The molecule has 0 aliphatic carbocycles. The number of carbonyl (C=O) groups is 1. The Morgan fingerprint density at radius 1 is 1.13 bits per heavy atom. The standard InChI is InChI=1S/C24H28N4O2/c1-4-5-10-23(29)27-20(18-13-11-17(2)12-14-18)15-21(28-24(27)25-16-26-28)19-8-6-7-9-22(19)30-3/h6-9,11-14,16,20-21H,4-5,10,15H2,1-3H3/t20-,21+/m1/s1. The molecule has 0 saturated heterocycles. The summed E-state index contributed by atoms with van der Waals surface area (Å²) in [5.41, 5.74) is 3.35. The largest absolute Gasteiger partial charge is 0.496 e. The van der Waals surface area contributed by atoms with Crippen LogP contribution in [0.1, 0.15) is 61.4 Å². The molecular weight excluding hydrogens is 376 g/mol. The summed E-state index contributed by atoms with van der Waals surface area (Å²) in [5.74, 6) is 1.51. The first-order valence-electron chi connectivity index (χ1n) is 10.5. The molecule has 0 fully saturated rings. The van der Waals surface area contributed by atoms with E-state index in [4.69, 9.17) is 4.74 Å². The summed E-state index contributed by atoms with van der Waals surface area (Å²) in [4.78, 5) is 19.6. The third-order valence-electron chi connectivity index (χ3n) is 5.80. The molecule has 2 aromatic carbocycles. The summed E-state index contributed by atoms with van der Waals surface area (Å²) in [6.45, 7) is 4.17. The molecule has 1 aromatic heterocycles. The molecule has 0 spiro atoms. The molecule has 0 unspecified atom stereocenters. The molecule has 2 atom stereocenters. The van der Waals surface area contributed by atoms with Gasteiger partial charge in [-0.2, -0.15) is 10.1 Å². The fourth-order valence-electron chi connectivity index (χ4n) is 4.20. The van der Waals surface area contributed by atoms with E-state index < -0.39 is 0 Å². The number of ether oxygens (including phenoxy) is 1. The monoisotopic (exact) mass is 404 g/mol. The van der Waals surface area contributed by atoms with Crippen molar-refractivity contribution in [2.75, 3.05) is 12.0 Å². The highest BCUT2D eigenvalue weighted by atomic mass is 16.5. The third kappa shape index (κ3) is 3.70. The van der Waals surface area contributed by atoms with Crippen molar-refractivity contribution in [2.24, 2.45) is 0 Å². The minimum atomic E-state index is -0.110. The van der Waals surface area contributed by atoms with Crippen molar-refractivity contribution < 1.29 is 9.53 Å². The van der Waals surface area contributed by atoms with E-state index in [0.29, 0.717) is 18.8 Å². The topological polar surface area (TPSA) is 60.2 Å². The average Bonchev–Trinajstić information content (AvgIpc) is 3.26. The molecule has 3 aromatic rings. The van der Waals surface area contributed by atoms with E-state index >= 15 is 0 Å². The fraction of sp³-hybridized carbons (Fsp3) is 0.375. The van der Waals surface area contributed by atoms with Crippen molar-refractivity contribution in [3.63, 3.8) is 0 Å². The summed E-state index contributed by atoms with van der Waals surface area (Å²) in [6, 6.07) is 16.3. The summed E-state index contributed by atoms with van der Waals surface area (Å²) in [7, 11) is 1.68. The summed E-state index contributed by atoms with van der Waals surface area (Å²) >= 11 is 0. The van der Waals surface area contributed by atoms with E-state index in [0.717, 1.165) is 29.7 Å². The zero-order valence-corrected chi connectivity index (χ0v) is 17.8. The quantitative estimate of drug-likeness (QED) is 0.589. The SMILES string of the molecule is CCCCC(=O)N1c2ncnn2[C@H](c2ccccc2OC)C[C@@H]1c1ccc(C)cc1. The molecule has 0 bridgehead atoms. The number of para-hydroxylation sites is 1. The molecule has 30 heavy (non-hydrogen) atoms. The number of anilines is 1. The lowest BCUT2D eigenvalue weighted by Gasteiger charge is -2.39. The van der Waals surface area contributed by atoms with Crippen LogP contribution in [0.4, 0.5) is 5.95 Å². The second kappa shape index (κ2) is 8.69. The van der Waals surface area contributed by atoms with E-state index in [1.807, 2.05) is 27.8 Å². The van der Waals surface area contributed by atoms with Gasteiger partial charge in [-0.25, -0.2) is 4.68 Å². The van der Waals surface area contributed by atoms with Crippen LogP contribution in [-0.2, 0) is 4.79 Å². The van der Waals surface area contributed by atoms with Crippen LogP contribution in [-0.4, -0.2) is 27.8 Å². The molecular formula is C24H28N4O2. The van der Waals surface area contributed by atoms with Crippen molar-refractivity contribution >= 4 is 11.9 Å². The maximum Gasteiger partial charge on any atom is 0.231 e. The number of unbranched alkanes of at least 4 members (excludes halogenated alkanes) is 1. The van der Waals surface area contributed by atoms with Gasteiger partial charge < -0.3 is 4.74 Å². The Morgan fingerprint density at radius 2 is 1.90 bits per heavy atom. The van der Waals surface area contributed by atoms with Crippen molar-refractivity contribution in [1.82, 2.24) is 14.8 Å². The fourth-order valence-corrected chi connectivity index (χ4v) is 4.20. The van der Waals surface area contributed by atoms with Gasteiger partial charge in [0.1, 0.15) is 12.1 Å². The molecule has 1 aliphatic heterocycles. The van der Waals surface area contributed by atoms with Gasteiger partial charge in [-0.1, -0.05) is 61.4 Å². The summed E-state index contributed by atoms with van der Waals surface area (Å²) in [6.07, 6.45) is 4.59. The first kappa shape index (κ1) is 20.1. The van der Waals surface area contributed by atoms with E-state index in [1.165, 1.54) is 11.9 Å². The number of fused-ring (bicyclic) bond motifs is 1. The molecule has 6 heteroatoms.